The van der Waals surface area contributed by atoms with Crippen LogP contribution in [0.3, 0.4) is 0 Å². The molecule has 0 amide bonds. The van der Waals surface area contributed by atoms with Gasteiger partial charge in [-0.25, -0.2) is 0 Å². The van der Waals surface area contributed by atoms with E-state index < -0.39 is 17.0 Å². The van der Waals surface area contributed by atoms with Gasteiger partial charge in [-0.2, -0.15) is 0 Å². The highest BCUT2D eigenvalue weighted by molar-refractivity contribution is 6.35. The third kappa shape index (κ3) is 2.48. The number of ether oxygens (including phenoxy) is 1. The second kappa shape index (κ2) is 5.02. The van der Waals surface area contributed by atoms with Crippen molar-refractivity contribution < 1.29 is 19.7 Å². The van der Waals surface area contributed by atoms with Crippen LogP contribution < -0.4 is 5.32 Å². The lowest BCUT2D eigenvalue weighted by Crippen LogP contribution is -2.53. The summed E-state index contributed by atoms with van der Waals surface area (Å²) in [7, 11) is 0. The van der Waals surface area contributed by atoms with Crippen LogP contribution in [0, 0.1) is 5.41 Å². The van der Waals surface area contributed by atoms with Crippen LogP contribution in [-0.4, -0.2) is 34.9 Å². The number of phenolic OH excluding ortho intramolecular Hbond substituents is 1. The SMILES string of the molecule is O=C(O)C12COC(CNCc3cc(Cl)cc(Cl)c3O)(C1)C2. The van der Waals surface area contributed by atoms with Gasteiger partial charge in [0.2, 0.25) is 0 Å². The predicted octanol–water partition coefficient (Wildman–Crippen LogP) is 2.42. The molecule has 114 valence electrons. The molecule has 1 saturated carbocycles. The van der Waals surface area contributed by atoms with E-state index in [1.54, 1.807) is 6.07 Å². The highest BCUT2D eigenvalue weighted by Gasteiger charge is 2.66. The number of rotatable bonds is 5. The molecule has 3 fully saturated rings. The van der Waals surface area contributed by atoms with Crippen molar-refractivity contribution in [1.82, 2.24) is 5.32 Å². The molecule has 0 unspecified atom stereocenters. The van der Waals surface area contributed by atoms with Crippen LogP contribution >= 0.6 is 23.2 Å². The van der Waals surface area contributed by atoms with Gasteiger partial charge in [-0.05, 0) is 25.0 Å². The molecule has 7 heteroatoms. The molecule has 21 heavy (non-hydrogen) atoms. The zero-order valence-electron chi connectivity index (χ0n) is 11.2. The first-order chi connectivity index (χ1) is 9.86. The molecular weight excluding hydrogens is 317 g/mol. The molecular formula is C14H15Cl2NO4. The molecule has 5 nitrogen and oxygen atoms in total. The summed E-state index contributed by atoms with van der Waals surface area (Å²) in [5.74, 6) is -0.776. The molecule has 1 aromatic carbocycles. The Morgan fingerprint density at radius 3 is 2.71 bits per heavy atom. The minimum absolute atomic E-state index is 0.00639. The summed E-state index contributed by atoms with van der Waals surface area (Å²) >= 11 is 11.8. The van der Waals surface area contributed by atoms with Crippen LogP contribution in [0.15, 0.2) is 12.1 Å². The van der Waals surface area contributed by atoms with Crippen molar-refractivity contribution in [3.8, 4) is 5.75 Å². The van der Waals surface area contributed by atoms with Gasteiger partial charge in [0.15, 0.2) is 0 Å². The number of hydrogen-bond acceptors (Lipinski definition) is 4. The molecule has 0 spiro atoms. The fraction of sp³-hybridized carbons (Fsp3) is 0.500. The smallest absolute Gasteiger partial charge is 0.312 e. The van der Waals surface area contributed by atoms with Crippen molar-refractivity contribution in [3.05, 3.63) is 27.7 Å². The first kappa shape index (κ1) is 14.9. The molecule has 2 aliphatic heterocycles. The number of carbonyl (C=O) groups is 1. The number of halogens is 2. The number of fused-ring (bicyclic) bond motifs is 1. The summed E-state index contributed by atoms with van der Waals surface area (Å²) in [5, 5.41) is 22.9. The topological polar surface area (TPSA) is 78.8 Å². The highest BCUT2D eigenvalue weighted by atomic mass is 35.5. The van der Waals surface area contributed by atoms with E-state index in [-0.39, 0.29) is 17.4 Å². The molecule has 3 aliphatic rings. The number of phenols is 1. The predicted molar refractivity (Wildman–Crippen MR) is 77.8 cm³/mol. The number of carboxylic acids is 1. The van der Waals surface area contributed by atoms with Crippen molar-refractivity contribution in [1.29, 1.82) is 0 Å². The van der Waals surface area contributed by atoms with Crippen LogP contribution in [0.2, 0.25) is 10.0 Å². The Kier molecular flexibility index (Phi) is 3.56. The van der Waals surface area contributed by atoms with Crippen LogP contribution in [0.25, 0.3) is 0 Å². The lowest BCUT2D eigenvalue weighted by Gasteiger charge is -2.41. The summed E-state index contributed by atoms with van der Waals surface area (Å²) in [5.41, 5.74) is -0.481. The van der Waals surface area contributed by atoms with E-state index in [4.69, 9.17) is 33.0 Å². The summed E-state index contributed by atoms with van der Waals surface area (Å²) < 4.78 is 5.64. The molecule has 4 rings (SSSR count). The quantitative estimate of drug-likeness (QED) is 0.772. The number of carboxylic acid groups (broad SMARTS) is 1. The van der Waals surface area contributed by atoms with E-state index >= 15 is 0 Å². The molecule has 0 atom stereocenters. The van der Waals surface area contributed by atoms with Crippen LogP contribution in [0.4, 0.5) is 0 Å². The van der Waals surface area contributed by atoms with Crippen LogP contribution in [0.5, 0.6) is 5.75 Å². The average Bonchev–Trinajstić information content (AvgIpc) is 2.91. The number of nitrogens with one attached hydrogen (secondary N) is 1. The van der Waals surface area contributed by atoms with E-state index in [9.17, 15) is 9.90 Å². The highest BCUT2D eigenvalue weighted by Crippen LogP contribution is 2.57. The summed E-state index contributed by atoms with van der Waals surface area (Å²) in [6.45, 7) is 1.20. The maximum absolute atomic E-state index is 11.2. The van der Waals surface area contributed by atoms with Crippen LogP contribution in [0.1, 0.15) is 18.4 Å². The fourth-order valence-electron chi connectivity index (χ4n) is 3.24. The van der Waals surface area contributed by atoms with E-state index in [0.29, 0.717) is 36.5 Å². The maximum atomic E-state index is 11.2. The van der Waals surface area contributed by atoms with Gasteiger partial charge in [-0.1, -0.05) is 23.2 Å². The minimum atomic E-state index is -0.783. The van der Waals surface area contributed by atoms with Gasteiger partial charge in [0.1, 0.15) is 5.75 Å². The lowest BCUT2D eigenvalue weighted by atomic mass is 9.62. The molecule has 2 saturated heterocycles. The summed E-state index contributed by atoms with van der Waals surface area (Å²) in [4.78, 5) is 11.2. The molecule has 1 aromatic rings. The van der Waals surface area contributed by atoms with Gasteiger partial charge in [-0.3, -0.25) is 4.79 Å². The Bertz CT molecular complexity index is 599. The lowest BCUT2D eigenvalue weighted by molar-refractivity contribution is -0.153. The average molecular weight is 332 g/mol. The Labute approximate surface area is 131 Å². The maximum Gasteiger partial charge on any atom is 0.312 e. The number of aliphatic carboxylic acids is 1. The Balaban J connectivity index is 1.58. The molecule has 2 bridgehead atoms. The minimum Gasteiger partial charge on any atom is -0.506 e. The van der Waals surface area contributed by atoms with Gasteiger partial charge in [0, 0.05) is 23.7 Å². The Hall–Kier alpha value is -1.01. The first-order valence-electron chi connectivity index (χ1n) is 6.61. The second-order valence-corrected chi connectivity index (χ2v) is 6.75. The van der Waals surface area contributed by atoms with Gasteiger partial charge in [0.25, 0.3) is 0 Å². The molecule has 2 heterocycles. The van der Waals surface area contributed by atoms with E-state index in [1.165, 1.54) is 6.07 Å². The number of hydrogen-bond donors (Lipinski definition) is 3. The number of aromatic hydroxyl groups is 1. The van der Waals surface area contributed by atoms with Crippen molar-refractivity contribution in [2.75, 3.05) is 13.2 Å². The second-order valence-electron chi connectivity index (χ2n) is 5.91. The Morgan fingerprint density at radius 2 is 2.10 bits per heavy atom. The van der Waals surface area contributed by atoms with Crippen molar-refractivity contribution in [2.24, 2.45) is 5.41 Å². The number of benzene rings is 1. The molecule has 0 radical (unpaired) electrons. The largest absolute Gasteiger partial charge is 0.506 e. The van der Waals surface area contributed by atoms with Crippen molar-refractivity contribution in [2.45, 2.75) is 25.0 Å². The van der Waals surface area contributed by atoms with E-state index in [2.05, 4.69) is 5.32 Å². The van der Waals surface area contributed by atoms with Crippen molar-refractivity contribution in [3.63, 3.8) is 0 Å². The molecule has 3 N–H and O–H groups in total. The molecule has 1 aliphatic carbocycles. The van der Waals surface area contributed by atoms with Gasteiger partial charge in [-0.15, -0.1) is 0 Å². The Morgan fingerprint density at radius 1 is 1.38 bits per heavy atom. The monoisotopic (exact) mass is 331 g/mol. The van der Waals surface area contributed by atoms with Gasteiger partial charge >= 0.3 is 5.97 Å². The summed E-state index contributed by atoms with van der Waals surface area (Å²) in [6.07, 6.45) is 1.06. The van der Waals surface area contributed by atoms with Crippen molar-refractivity contribution >= 4 is 29.2 Å². The molecule has 0 aromatic heterocycles. The van der Waals surface area contributed by atoms with Gasteiger partial charge in [0.05, 0.1) is 22.6 Å². The third-order valence-electron chi connectivity index (χ3n) is 4.30. The van der Waals surface area contributed by atoms with Crippen LogP contribution in [-0.2, 0) is 16.1 Å². The zero-order chi connectivity index (χ0) is 15.3. The van der Waals surface area contributed by atoms with E-state index in [0.717, 1.165) is 0 Å². The normalized spacial score (nSPS) is 30.2. The van der Waals surface area contributed by atoms with Gasteiger partial charge < -0.3 is 20.3 Å². The summed E-state index contributed by atoms with van der Waals surface area (Å²) in [6, 6.07) is 3.12. The first-order valence-corrected chi connectivity index (χ1v) is 7.36. The standard InChI is InChI=1S/C14H15Cl2NO4/c15-9-1-8(11(18)10(16)2-9)3-17-6-14-4-13(5-14,7-21-14)12(19)20/h1-2,17-18H,3-7H2,(H,19,20). The third-order valence-corrected chi connectivity index (χ3v) is 4.81. The zero-order valence-corrected chi connectivity index (χ0v) is 12.7. The van der Waals surface area contributed by atoms with E-state index in [1.807, 2.05) is 0 Å². The fourth-order valence-corrected chi connectivity index (χ4v) is 3.78.